The monoisotopic (exact) mass is 329 g/mol. The molecule has 23 heavy (non-hydrogen) atoms. The molecule has 0 aliphatic carbocycles. The van der Waals surface area contributed by atoms with Gasteiger partial charge < -0.3 is 10.2 Å². The van der Waals surface area contributed by atoms with Gasteiger partial charge in [-0.05, 0) is 13.8 Å². The van der Waals surface area contributed by atoms with Gasteiger partial charge >= 0.3 is 0 Å². The van der Waals surface area contributed by atoms with Gasteiger partial charge in [-0.3, -0.25) is 9.59 Å². The Morgan fingerprint density at radius 2 is 2.09 bits per heavy atom. The molecule has 0 radical (unpaired) electrons. The third-order valence-corrected chi connectivity index (χ3v) is 4.71. The molecule has 0 bridgehead atoms. The van der Waals surface area contributed by atoms with Crippen molar-refractivity contribution < 1.29 is 9.59 Å². The molecule has 2 aromatic rings. The van der Waals surface area contributed by atoms with Crippen molar-refractivity contribution in [1.82, 2.24) is 9.88 Å². The number of likely N-dealkylation sites (tertiary alicyclic amines) is 1. The lowest BCUT2D eigenvalue weighted by atomic mass is 10.1. The van der Waals surface area contributed by atoms with Gasteiger partial charge in [0.15, 0.2) is 5.13 Å². The summed E-state index contributed by atoms with van der Waals surface area (Å²) in [4.78, 5) is 30.5. The standard InChI is InChI=1S/C17H19N3O2S/c1-11(2)20-9-13(8-15(20)21)16(22)19-17-18-14(10-23-17)12-6-4-3-5-7-12/h3-7,10-11,13H,8-9H2,1-2H3,(H,18,19,22). The zero-order chi connectivity index (χ0) is 16.4. The molecule has 3 rings (SSSR count). The summed E-state index contributed by atoms with van der Waals surface area (Å²) in [6, 6.07) is 9.96. The number of aromatic nitrogens is 1. The van der Waals surface area contributed by atoms with Crippen LogP contribution in [-0.2, 0) is 9.59 Å². The van der Waals surface area contributed by atoms with E-state index >= 15 is 0 Å². The van der Waals surface area contributed by atoms with Gasteiger partial charge in [-0.25, -0.2) is 4.98 Å². The number of benzene rings is 1. The van der Waals surface area contributed by atoms with Crippen molar-refractivity contribution in [2.24, 2.45) is 5.92 Å². The maximum atomic E-state index is 12.4. The maximum absolute atomic E-state index is 12.4. The van der Waals surface area contributed by atoms with Crippen LogP contribution in [0.3, 0.4) is 0 Å². The molecule has 1 aliphatic heterocycles. The minimum absolute atomic E-state index is 0.0456. The Balaban J connectivity index is 1.65. The summed E-state index contributed by atoms with van der Waals surface area (Å²) in [7, 11) is 0. The molecular weight excluding hydrogens is 310 g/mol. The fraction of sp³-hybridized carbons (Fsp3) is 0.353. The van der Waals surface area contributed by atoms with E-state index in [1.807, 2.05) is 49.6 Å². The fourth-order valence-corrected chi connectivity index (χ4v) is 3.41. The zero-order valence-electron chi connectivity index (χ0n) is 13.2. The van der Waals surface area contributed by atoms with E-state index < -0.39 is 0 Å². The third-order valence-electron chi connectivity index (χ3n) is 3.96. The van der Waals surface area contributed by atoms with Crippen molar-refractivity contribution in [3.05, 3.63) is 35.7 Å². The summed E-state index contributed by atoms with van der Waals surface area (Å²) in [5.41, 5.74) is 1.86. The van der Waals surface area contributed by atoms with Crippen LogP contribution in [0, 0.1) is 5.92 Å². The first-order valence-corrected chi connectivity index (χ1v) is 8.54. The summed E-state index contributed by atoms with van der Waals surface area (Å²) in [5.74, 6) is -0.381. The van der Waals surface area contributed by atoms with Crippen LogP contribution in [0.2, 0.25) is 0 Å². The highest BCUT2D eigenvalue weighted by molar-refractivity contribution is 7.14. The van der Waals surface area contributed by atoms with Crippen LogP contribution in [0.15, 0.2) is 35.7 Å². The molecule has 1 fully saturated rings. The Morgan fingerprint density at radius 3 is 2.74 bits per heavy atom. The summed E-state index contributed by atoms with van der Waals surface area (Å²) >= 11 is 1.40. The summed E-state index contributed by atoms with van der Waals surface area (Å²) in [6.45, 7) is 4.41. The Kier molecular flexibility index (Phi) is 4.43. The normalized spacial score (nSPS) is 17.8. The Labute approximate surface area is 139 Å². The van der Waals surface area contributed by atoms with E-state index in [9.17, 15) is 9.59 Å². The van der Waals surface area contributed by atoms with E-state index in [0.717, 1.165) is 11.3 Å². The molecule has 0 spiro atoms. The second-order valence-corrected chi connectivity index (χ2v) is 6.79. The fourth-order valence-electron chi connectivity index (χ4n) is 2.69. The number of amides is 2. The van der Waals surface area contributed by atoms with Crippen molar-refractivity contribution in [3.63, 3.8) is 0 Å². The Bertz CT molecular complexity index is 712. The SMILES string of the molecule is CC(C)N1CC(C(=O)Nc2nc(-c3ccccc3)cs2)CC1=O. The van der Waals surface area contributed by atoms with Gasteiger partial charge in [0.25, 0.3) is 0 Å². The number of nitrogens with zero attached hydrogens (tertiary/aromatic N) is 2. The minimum atomic E-state index is -0.297. The van der Waals surface area contributed by atoms with Gasteiger partial charge in [-0.15, -0.1) is 11.3 Å². The topological polar surface area (TPSA) is 62.3 Å². The number of hydrogen-bond donors (Lipinski definition) is 1. The summed E-state index contributed by atoms with van der Waals surface area (Å²) in [5, 5.41) is 5.34. The molecule has 2 amide bonds. The van der Waals surface area contributed by atoms with Crippen LogP contribution in [0.5, 0.6) is 0 Å². The highest BCUT2D eigenvalue weighted by Crippen LogP contribution is 2.26. The quantitative estimate of drug-likeness (QED) is 0.938. The van der Waals surface area contributed by atoms with Crippen molar-refractivity contribution in [2.75, 3.05) is 11.9 Å². The molecule has 1 aliphatic rings. The first-order valence-electron chi connectivity index (χ1n) is 7.66. The molecule has 1 atom stereocenters. The van der Waals surface area contributed by atoms with Gasteiger partial charge in [-0.1, -0.05) is 30.3 Å². The number of anilines is 1. The van der Waals surface area contributed by atoms with Gasteiger partial charge in [-0.2, -0.15) is 0 Å². The predicted molar refractivity (Wildman–Crippen MR) is 91.1 cm³/mol. The lowest BCUT2D eigenvalue weighted by molar-refractivity contribution is -0.129. The van der Waals surface area contributed by atoms with Crippen LogP contribution >= 0.6 is 11.3 Å². The molecule has 1 saturated heterocycles. The number of carbonyl (C=O) groups is 2. The van der Waals surface area contributed by atoms with Crippen LogP contribution in [0.25, 0.3) is 11.3 Å². The molecule has 2 heterocycles. The van der Waals surface area contributed by atoms with Crippen LogP contribution < -0.4 is 5.32 Å². The van der Waals surface area contributed by atoms with Crippen molar-refractivity contribution in [3.8, 4) is 11.3 Å². The number of nitrogens with one attached hydrogen (secondary N) is 1. The molecule has 0 saturated carbocycles. The molecule has 6 heteroatoms. The maximum Gasteiger partial charge on any atom is 0.231 e. The van der Waals surface area contributed by atoms with Crippen molar-refractivity contribution in [2.45, 2.75) is 26.3 Å². The van der Waals surface area contributed by atoms with Crippen molar-refractivity contribution in [1.29, 1.82) is 0 Å². The second kappa shape index (κ2) is 6.50. The van der Waals surface area contributed by atoms with E-state index in [-0.39, 0.29) is 30.2 Å². The minimum Gasteiger partial charge on any atom is -0.339 e. The predicted octanol–water partition coefficient (Wildman–Crippen LogP) is 3.01. The molecular formula is C17H19N3O2S. The highest BCUT2D eigenvalue weighted by Gasteiger charge is 2.35. The van der Waals surface area contributed by atoms with E-state index in [1.54, 1.807) is 4.90 Å². The number of rotatable bonds is 4. The molecule has 1 aromatic carbocycles. The van der Waals surface area contributed by atoms with Gasteiger partial charge in [0.1, 0.15) is 0 Å². The average molecular weight is 329 g/mol. The summed E-state index contributed by atoms with van der Waals surface area (Å²) < 4.78 is 0. The molecule has 120 valence electrons. The molecule has 5 nitrogen and oxygen atoms in total. The third kappa shape index (κ3) is 3.42. The van der Waals surface area contributed by atoms with E-state index in [0.29, 0.717) is 11.7 Å². The van der Waals surface area contributed by atoms with Crippen LogP contribution in [-0.4, -0.2) is 34.3 Å². The number of thiazole rings is 1. The van der Waals surface area contributed by atoms with E-state index in [2.05, 4.69) is 10.3 Å². The van der Waals surface area contributed by atoms with Crippen molar-refractivity contribution >= 4 is 28.3 Å². The van der Waals surface area contributed by atoms with E-state index in [1.165, 1.54) is 11.3 Å². The largest absolute Gasteiger partial charge is 0.339 e. The molecule has 1 aromatic heterocycles. The lowest BCUT2D eigenvalue weighted by Crippen LogP contribution is -2.33. The van der Waals surface area contributed by atoms with Gasteiger partial charge in [0.2, 0.25) is 11.8 Å². The van der Waals surface area contributed by atoms with Gasteiger partial charge in [0, 0.05) is 30.0 Å². The number of carbonyl (C=O) groups excluding carboxylic acids is 2. The second-order valence-electron chi connectivity index (χ2n) is 5.93. The Morgan fingerprint density at radius 1 is 1.35 bits per heavy atom. The van der Waals surface area contributed by atoms with E-state index in [4.69, 9.17) is 0 Å². The first-order chi connectivity index (χ1) is 11.0. The lowest BCUT2D eigenvalue weighted by Gasteiger charge is -2.20. The molecule has 1 N–H and O–H groups in total. The number of hydrogen-bond acceptors (Lipinski definition) is 4. The summed E-state index contributed by atoms with van der Waals surface area (Å²) in [6.07, 6.45) is 0.279. The smallest absolute Gasteiger partial charge is 0.231 e. The highest BCUT2D eigenvalue weighted by atomic mass is 32.1. The first kappa shape index (κ1) is 15.7. The zero-order valence-corrected chi connectivity index (χ0v) is 14.0. The van der Waals surface area contributed by atoms with Crippen LogP contribution in [0.4, 0.5) is 5.13 Å². The average Bonchev–Trinajstić information content (AvgIpc) is 3.15. The van der Waals surface area contributed by atoms with Crippen LogP contribution in [0.1, 0.15) is 20.3 Å². The Hall–Kier alpha value is -2.21. The molecule has 1 unspecified atom stereocenters. The van der Waals surface area contributed by atoms with Gasteiger partial charge in [0.05, 0.1) is 11.6 Å².